The maximum Gasteiger partial charge on any atom is 0.136 e. The van der Waals surface area contributed by atoms with Crippen LogP contribution < -0.4 is 10.6 Å². The van der Waals surface area contributed by atoms with Gasteiger partial charge in [0.25, 0.3) is 0 Å². The zero-order valence-electron chi connectivity index (χ0n) is 11.9. The number of benzene rings is 1. The van der Waals surface area contributed by atoms with Gasteiger partial charge in [0.05, 0.1) is 5.69 Å². The van der Waals surface area contributed by atoms with E-state index in [1.54, 1.807) is 0 Å². The van der Waals surface area contributed by atoms with Gasteiger partial charge in [-0.15, -0.1) is 0 Å². The Labute approximate surface area is 128 Å². The van der Waals surface area contributed by atoms with E-state index < -0.39 is 0 Å². The predicted octanol–water partition coefficient (Wildman–Crippen LogP) is 4.54. The first kappa shape index (κ1) is 14.8. The van der Waals surface area contributed by atoms with Crippen molar-refractivity contribution in [3.63, 3.8) is 0 Å². The molecule has 0 fully saturated rings. The second-order valence-corrected chi connectivity index (χ2v) is 5.64. The van der Waals surface area contributed by atoms with E-state index in [1.807, 2.05) is 30.3 Å². The lowest BCUT2D eigenvalue weighted by Crippen LogP contribution is -2.07. The van der Waals surface area contributed by atoms with Crippen LogP contribution in [0.2, 0.25) is 0 Å². The SMILES string of the molecule is CCNc1cc(Nc2ccccc2Br)nc(C(C)C)n1. The Balaban J connectivity index is 2.33. The van der Waals surface area contributed by atoms with Crippen molar-refractivity contribution in [1.29, 1.82) is 0 Å². The standard InChI is InChI=1S/C15H19BrN4/c1-4-17-13-9-14(20-15(19-13)10(2)3)18-12-8-6-5-7-11(12)16/h5-10H,4H2,1-3H3,(H2,17,18,19,20). The lowest BCUT2D eigenvalue weighted by atomic mass is 10.2. The van der Waals surface area contributed by atoms with Crippen molar-refractivity contribution in [2.45, 2.75) is 26.7 Å². The topological polar surface area (TPSA) is 49.8 Å². The molecule has 0 aliphatic rings. The summed E-state index contributed by atoms with van der Waals surface area (Å²) in [6.07, 6.45) is 0. The molecule has 4 nitrogen and oxygen atoms in total. The average molecular weight is 335 g/mol. The highest BCUT2D eigenvalue weighted by Crippen LogP contribution is 2.26. The first-order valence-corrected chi connectivity index (χ1v) is 7.54. The van der Waals surface area contributed by atoms with E-state index >= 15 is 0 Å². The number of halogens is 1. The van der Waals surface area contributed by atoms with Crippen molar-refractivity contribution in [3.05, 3.63) is 40.6 Å². The Bertz CT molecular complexity index is 584. The summed E-state index contributed by atoms with van der Waals surface area (Å²) in [5.74, 6) is 2.76. The van der Waals surface area contributed by atoms with Gasteiger partial charge in [0, 0.05) is 23.0 Å². The van der Waals surface area contributed by atoms with Crippen LogP contribution in [0.15, 0.2) is 34.8 Å². The minimum atomic E-state index is 0.286. The molecule has 1 heterocycles. The minimum Gasteiger partial charge on any atom is -0.370 e. The van der Waals surface area contributed by atoms with Crippen LogP contribution in [0.3, 0.4) is 0 Å². The van der Waals surface area contributed by atoms with Crippen LogP contribution in [0.5, 0.6) is 0 Å². The molecule has 0 saturated carbocycles. The van der Waals surface area contributed by atoms with Crippen LogP contribution in [0.1, 0.15) is 32.5 Å². The third-order valence-corrected chi connectivity index (χ3v) is 3.45. The molecule has 0 saturated heterocycles. The normalized spacial score (nSPS) is 10.7. The lowest BCUT2D eigenvalue weighted by molar-refractivity contribution is 0.777. The van der Waals surface area contributed by atoms with Gasteiger partial charge in [-0.3, -0.25) is 0 Å². The summed E-state index contributed by atoms with van der Waals surface area (Å²) in [5.41, 5.74) is 0.989. The lowest BCUT2D eigenvalue weighted by Gasteiger charge is -2.13. The van der Waals surface area contributed by atoms with Gasteiger partial charge >= 0.3 is 0 Å². The summed E-state index contributed by atoms with van der Waals surface area (Å²) in [6.45, 7) is 7.07. The minimum absolute atomic E-state index is 0.286. The first-order chi connectivity index (χ1) is 9.60. The van der Waals surface area contributed by atoms with E-state index in [9.17, 15) is 0 Å². The molecule has 2 N–H and O–H groups in total. The molecular formula is C15H19BrN4. The molecule has 0 bridgehead atoms. The zero-order chi connectivity index (χ0) is 14.5. The molecule has 0 atom stereocenters. The van der Waals surface area contributed by atoms with Crippen molar-refractivity contribution in [1.82, 2.24) is 9.97 Å². The predicted molar refractivity (Wildman–Crippen MR) is 87.7 cm³/mol. The highest BCUT2D eigenvalue weighted by atomic mass is 79.9. The number of rotatable bonds is 5. The van der Waals surface area contributed by atoms with E-state index in [-0.39, 0.29) is 5.92 Å². The van der Waals surface area contributed by atoms with Gasteiger partial charge in [-0.2, -0.15) is 0 Å². The third-order valence-electron chi connectivity index (χ3n) is 2.75. The summed E-state index contributed by atoms with van der Waals surface area (Å²) in [5, 5.41) is 6.57. The summed E-state index contributed by atoms with van der Waals surface area (Å²) in [6, 6.07) is 9.91. The Hall–Kier alpha value is -1.62. The molecule has 1 aromatic carbocycles. The van der Waals surface area contributed by atoms with E-state index in [1.165, 1.54) is 0 Å². The third kappa shape index (κ3) is 3.70. The molecule has 2 aromatic rings. The number of anilines is 3. The van der Waals surface area contributed by atoms with E-state index in [0.29, 0.717) is 0 Å². The number of hydrogen-bond acceptors (Lipinski definition) is 4. The molecule has 0 radical (unpaired) electrons. The second kappa shape index (κ2) is 6.70. The smallest absolute Gasteiger partial charge is 0.136 e. The largest absolute Gasteiger partial charge is 0.370 e. The van der Waals surface area contributed by atoms with Crippen LogP contribution in [0, 0.1) is 0 Å². The molecule has 106 valence electrons. The fourth-order valence-electron chi connectivity index (χ4n) is 1.76. The molecule has 0 aliphatic carbocycles. The molecule has 0 spiro atoms. The molecule has 20 heavy (non-hydrogen) atoms. The molecule has 0 amide bonds. The summed E-state index contributed by atoms with van der Waals surface area (Å²) < 4.78 is 1.01. The Kier molecular flexibility index (Phi) is 4.95. The van der Waals surface area contributed by atoms with E-state index in [4.69, 9.17) is 0 Å². The number of para-hydroxylation sites is 1. The Morgan fingerprint density at radius 1 is 1.15 bits per heavy atom. The Morgan fingerprint density at radius 2 is 1.85 bits per heavy atom. The van der Waals surface area contributed by atoms with Crippen LogP contribution in [0.4, 0.5) is 17.3 Å². The van der Waals surface area contributed by atoms with Gasteiger partial charge in [-0.25, -0.2) is 9.97 Å². The fraction of sp³-hybridized carbons (Fsp3) is 0.333. The molecule has 2 rings (SSSR count). The monoisotopic (exact) mass is 334 g/mol. The number of nitrogens with one attached hydrogen (secondary N) is 2. The van der Waals surface area contributed by atoms with Crippen molar-refractivity contribution < 1.29 is 0 Å². The summed E-state index contributed by atoms with van der Waals surface area (Å²) in [7, 11) is 0. The molecule has 0 aliphatic heterocycles. The van der Waals surface area contributed by atoms with Crippen molar-refractivity contribution >= 4 is 33.3 Å². The number of aromatic nitrogens is 2. The van der Waals surface area contributed by atoms with Gasteiger partial charge in [-0.1, -0.05) is 26.0 Å². The van der Waals surface area contributed by atoms with Gasteiger partial charge in [0.15, 0.2) is 0 Å². The maximum atomic E-state index is 4.57. The highest BCUT2D eigenvalue weighted by Gasteiger charge is 2.09. The number of nitrogens with zero attached hydrogens (tertiary/aromatic N) is 2. The zero-order valence-corrected chi connectivity index (χ0v) is 13.5. The summed E-state index contributed by atoms with van der Waals surface area (Å²) in [4.78, 5) is 9.08. The first-order valence-electron chi connectivity index (χ1n) is 6.74. The maximum absolute atomic E-state index is 4.57. The summed E-state index contributed by atoms with van der Waals surface area (Å²) >= 11 is 3.53. The van der Waals surface area contributed by atoms with Gasteiger partial charge in [0.2, 0.25) is 0 Å². The van der Waals surface area contributed by atoms with Crippen molar-refractivity contribution in [3.8, 4) is 0 Å². The molecule has 0 unspecified atom stereocenters. The average Bonchev–Trinajstić information content (AvgIpc) is 2.41. The van der Waals surface area contributed by atoms with Crippen LogP contribution >= 0.6 is 15.9 Å². The number of hydrogen-bond donors (Lipinski definition) is 2. The van der Waals surface area contributed by atoms with Gasteiger partial charge < -0.3 is 10.6 Å². The van der Waals surface area contributed by atoms with Crippen LogP contribution in [-0.4, -0.2) is 16.5 Å². The van der Waals surface area contributed by atoms with E-state index in [2.05, 4.69) is 57.3 Å². The molecule has 5 heteroatoms. The van der Waals surface area contributed by atoms with Gasteiger partial charge in [-0.05, 0) is 35.0 Å². The molecular weight excluding hydrogens is 316 g/mol. The van der Waals surface area contributed by atoms with Crippen molar-refractivity contribution in [2.24, 2.45) is 0 Å². The van der Waals surface area contributed by atoms with Crippen molar-refractivity contribution in [2.75, 3.05) is 17.2 Å². The Morgan fingerprint density at radius 3 is 2.50 bits per heavy atom. The highest BCUT2D eigenvalue weighted by molar-refractivity contribution is 9.10. The van der Waals surface area contributed by atoms with Crippen LogP contribution in [-0.2, 0) is 0 Å². The van der Waals surface area contributed by atoms with Gasteiger partial charge in [0.1, 0.15) is 17.5 Å². The quantitative estimate of drug-likeness (QED) is 0.842. The molecule has 1 aromatic heterocycles. The second-order valence-electron chi connectivity index (χ2n) is 4.79. The van der Waals surface area contributed by atoms with E-state index in [0.717, 1.165) is 34.2 Å². The van der Waals surface area contributed by atoms with Crippen LogP contribution in [0.25, 0.3) is 0 Å². The fourth-order valence-corrected chi connectivity index (χ4v) is 2.14.